The molecule has 3 nitrogen and oxygen atoms in total. The summed E-state index contributed by atoms with van der Waals surface area (Å²) >= 11 is 0. The first kappa shape index (κ1) is 13.7. The molecule has 16 heavy (non-hydrogen) atoms. The predicted octanol–water partition coefficient (Wildman–Crippen LogP) is 1.62. The molecule has 3 atom stereocenters. The van der Waals surface area contributed by atoms with Crippen LogP contribution in [-0.2, 0) is 0 Å². The van der Waals surface area contributed by atoms with Gasteiger partial charge in [0.05, 0.1) is 11.7 Å². The lowest BCUT2D eigenvalue weighted by molar-refractivity contribution is -0.194. The SMILES string of the molecule is C[C@H](O)/C=C/[C@@]1(O)C(C)(C)CCC[C@@]1(C)O. The van der Waals surface area contributed by atoms with Crippen molar-refractivity contribution in [3.8, 4) is 0 Å². The van der Waals surface area contributed by atoms with Gasteiger partial charge in [-0.05, 0) is 38.5 Å². The third-order valence-corrected chi connectivity index (χ3v) is 3.93. The van der Waals surface area contributed by atoms with E-state index in [1.54, 1.807) is 26.0 Å². The van der Waals surface area contributed by atoms with Gasteiger partial charge in [-0.15, -0.1) is 0 Å². The lowest BCUT2D eigenvalue weighted by atomic mass is 9.58. The summed E-state index contributed by atoms with van der Waals surface area (Å²) in [6.07, 6.45) is 4.85. The summed E-state index contributed by atoms with van der Waals surface area (Å²) in [4.78, 5) is 0. The summed E-state index contributed by atoms with van der Waals surface area (Å²) in [6.45, 7) is 7.20. The molecule has 0 heterocycles. The van der Waals surface area contributed by atoms with E-state index in [1.807, 2.05) is 13.8 Å². The van der Waals surface area contributed by atoms with Crippen molar-refractivity contribution in [2.75, 3.05) is 0 Å². The quantitative estimate of drug-likeness (QED) is 0.629. The van der Waals surface area contributed by atoms with E-state index < -0.39 is 17.3 Å². The minimum Gasteiger partial charge on any atom is -0.389 e. The smallest absolute Gasteiger partial charge is 0.116 e. The summed E-state index contributed by atoms with van der Waals surface area (Å²) in [7, 11) is 0. The Morgan fingerprint density at radius 3 is 2.12 bits per heavy atom. The monoisotopic (exact) mass is 228 g/mol. The van der Waals surface area contributed by atoms with Gasteiger partial charge >= 0.3 is 0 Å². The molecule has 1 saturated carbocycles. The van der Waals surface area contributed by atoms with Crippen LogP contribution in [0.4, 0.5) is 0 Å². The summed E-state index contributed by atoms with van der Waals surface area (Å²) in [5, 5.41) is 30.3. The van der Waals surface area contributed by atoms with E-state index in [9.17, 15) is 15.3 Å². The first-order valence-electron chi connectivity index (χ1n) is 5.95. The van der Waals surface area contributed by atoms with Crippen LogP contribution in [0.2, 0.25) is 0 Å². The molecule has 94 valence electrons. The fourth-order valence-corrected chi connectivity index (χ4v) is 2.67. The molecule has 0 bridgehead atoms. The Balaban J connectivity index is 3.10. The van der Waals surface area contributed by atoms with Gasteiger partial charge in [0.2, 0.25) is 0 Å². The Kier molecular flexibility index (Phi) is 3.53. The molecule has 1 aliphatic carbocycles. The molecule has 1 aliphatic rings. The molecular formula is C13H24O3. The van der Waals surface area contributed by atoms with Gasteiger partial charge in [0.1, 0.15) is 5.60 Å². The van der Waals surface area contributed by atoms with E-state index in [2.05, 4.69) is 0 Å². The third kappa shape index (κ3) is 2.17. The fourth-order valence-electron chi connectivity index (χ4n) is 2.67. The van der Waals surface area contributed by atoms with Crippen molar-refractivity contribution >= 4 is 0 Å². The van der Waals surface area contributed by atoms with Crippen molar-refractivity contribution in [3.05, 3.63) is 12.2 Å². The minimum atomic E-state index is -1.28. The highest BCUT2D eigenvalue weighted by Gasteiger charge is 2.56. The van der Waals surface area contributed by atoms with E-state index in [-0.39, 0.29) is 5.41 Å². The van der Waals surface area contributed by atoms with Crippen molar-refractivity contribution < 1.29 is 15.3 Å². The molecule has 1 fully saturated rings. The van der Waals surface area contributed by atoms with Crippen LogP contribution >= 0.6 is 0 Å². The Hall–Kier alpha value is -0.380. The molecule has 1 rings (SSSR count). The van der Waals surface area contributed by atoms with Gasteiger partial charge in [0, 0.05) is 0 Å². The summed E-state index contributed by atoms with van der Waals surface area (Å²) in [6, 6.07) is 0. The van der Waals surface area contributed by atoms with Crippen molar-refractivity contribution in [1.29, 1.82) is 0 Å². The van der Waals surface area contributed by atoms with Crippen LogP contribution in [0.3, 0.4) is 0 Å². The molecule has 0 unspecified atom stereocenters. The second-order valence-corrected chi connectivity index (χ2v) is 5.88. The van der Waals surface area contributed by atoms with E-state index in [1.165, 1.54) is 0 Å². The van der Waals surface area contributed by atoms with Gasteiger partial charge in [-0.2, -0.15) is 0 Å². The van der Waals surface area contributed by atoms with Gasteiger partial charge in [0.15, 0.2) is 0 Å². The third-order valence-electron chi connectivity index (χ3n) is 3.93. The molecule has 0 aliphatic heterocycles. The van der Waals surface area contributed by atoms with Gasteiger partial charge in [-0.3, -0.25) is 0 Å². The maximum atomic E-state index is 10.7. The Morgan fingerprint density at radius 1 is 1.12 bits per heavy atom. The molecule has 0 spiro atoms. The van der Waals surface area contributed by atoms with Crippen LogP contribution in [0.25, 0.3) is 0 Å². The van der Waals surface area contributed by atoms with Crippen LogP contribution in [0, 0.1) is 5.41 Å². The normalized spacial score (nSPS) is 41.2. The molecule has 0 aromatic rings. The van der Waals surface area contributed by atoms with E-state index in [0.29, 0.717) is 6.42 Å². The molecule has 0 radical (unpaired) electrons. The first-order valence-corrected chi connectivity index (χ1v) is 5.95. The molecule has 0 aromatic heterocycles. The Bertz CT molecular complexity index is 261. The molecule has 0 aromatic carbocycles. The molecule has 0 amide bonds. The van der Waals surface area contributed by atoms with Gasteiger partial charge < -0.3 is 15.3 Å². The highest BCUT2D eigenvalue weighted by Crippen LogP contribution is 2.49. The summed E-state index contributed by atoms with van der Waals surface area (Å²) < 4.78 is 0. The van der Waals surface area contributed by atoms with Crippen LogP contribution in [0.1, 0.15) is 47.0 Å². The predicted molar refractivity (Wildman–Crippen MR) is 64.0 cm³/mol. The zero-order valence-electron chi connectivity index (χ0n) is 10.7. The maximum absolute atomic E-state index is 10.7. The van der Waals surface area contributed by atoms with E-state index >= 15 is 0 Å². The number of rotatable bonds is 2. The lowest BCUT2D eigenvalue weighted by Gasteiger charge is -2.53. The molecule has 3 heteroatoms. The standard InChI is InChI=1S/C13H24O3/c1-10(14)6-9-13(16)11(2,3)7-5-8-12(13,4)15/h6,9-10,14-16H,5,7-8H2,1-4H3/b9-6+/t10-,12+,13+/m0/s1. The van der Waals surface area contributed by atoms with E-state index in [4.69, 9.17) is 0 Å². The molecular weight excluding hydrogens is 204 g/mol. The van der Waals surface area contributed by atoms with Crippen molar-refractivity contribution in [1.82, 2.24) is 0 Å². The van der Waals surface area contributed by atoms with Crippen LogP contribution in [0.15, 0.2) is 12.2 Å². The highest BCUT2D eigenvalue weighted by atomic mass is 16.4. The van der Waals surface area contributed by atoms with Crippen LogP contribution in [-0.4, -0.2) is 32.6 Å². The second-order valence-electron chi connectivity index (χ2n) is 5.88. The second kappa shape index (κ2) is 4.13. The number of hydrogen-bond donors (Lipinski definition) is 3. The van der Waals surface area contributed by atoms with Gasteiger partial charge in [-0.25, -0.2) is 0 Å². The van der Waals surface area contributed by atoms with Crippen molar-refractivity contribution in [2.45, 2.75) is 64.3 Å². The van der Waals surface area contributed by atoms with Crippen LogP contribution in [0.5, 0.6) is 0 Å². The Morgan fingerprint density at radius 2 is 1.69 bits per heavy atom. The number of hydrogen-bond acceptors (Lipinski definition) is 3. The number of aliphatic hydroxyl groups is 3. The van der Waals surface area contributed by atoms with Crippen LogP contribution < -0.4 is 0 Å². The summed E-state index contributed by atoms with van der Waals surface area (Å²) in [5.41, 5.74) is -2.81. The topological polar surface area (TPSA) is 60.7 Å². The first-order chi connectivity index (χ1) is 7.12. The summed E-state index contributed by atoms with van der Waals surface area (Å²) in [5.74, 6) is 0. The molecule has 0 saturated heterocycles. The van der Waals surface area contributed by atoms with Gasteiger partial charge in [-0.1, -0.05) is 26.0 Å². The zero-order chi connectivity index (χ0) is 12.6. The Labute approximate surface area is 97.8 Å². The molecule has 3 N–H and O–H groups in total. The fraction of sp³-hybridized carbons (Fsp3) is 0.846. The average Bonchev–Trinajstić information content (AvgIpc) is 2.10. The average molecular weight is 228 g/mol. The van der Waals surface area contributed by atoms with E-state index in [0.717, 1.165) is 12.8 Å². The maximum Gasteiger partial charge on any atom is 0.116 e. The van der Waals surface area contributed by atoms with Crippen molar-refractivity contribution in [3.63, 3.8) is 0 Å². The van der Waals surface area contributed by atoms with Gasteiger partial charge in [0.25, 0.3) is 0 Å². The minimum absolute atomic E-state index is 0.389. The number of aliphatic hydroxyl groups excluding tert-OH is 1. The lowest BCUT2D eigenvalue weighted by Crippen LogP contribution is -2.62. The zero-order valence-corrected chi connectivity index (χ0v) is 10.7. The van der Waals surface area contributed by atoms with Crippen molar-refractivity contribution in [2.24, 2.45) is 5.41 Å². The highest BCUT2D eigenvalue weighted by molar-refractivity contribution is 5.19. The largest absolute Gasteiger partial charge is 0.389 e.